The number of carbonyl (C=O) groups is 2. The van der Waals surface area contributed by atoms with E-state index in [9.17, 15) is 14.7 Å². The monoisotopic (exact) mass is 442 g/mol. The van der Waals surface area contributed by atoms with Gasteiger partial charge in [0.1, 0.15) is 5.82 Å². The Hall–Kier alpha value is -3.97. The topological polar surface area (TPSA) is 94.6 Å². The predicted molar refractivity (Wildman–Crippen MR) is 126 cm³/mol. The summed E-state index contributed by atoms with van der Waals surface area (Å²) >= 11 is 0. The van der Waals surface area contributed by atoms with Crippen molar-refractivity contribution in [2.75, 3.05) is 11.4 Å². The summed E-state index contributed by atoms with van der Waals surface area (Å²) in [6.07, 6.45) is 4.09. The van der Waals surface area contributed by atoms with Crippen molar-refractivity contribution in [1.82, 2.24) is 15.6 Å². The largest absolute Gasteiger partial charge is 0.392 e. The van der Waals surface area contributed by atoms with Crippen LogP contribution in [0.3, 0.4) is 0 Å². The highest BCUT2D eigenvalue weighted by molar-refractivity contribution is 5.96. The SMILES string of the molecule is Cc1cc(CO)ccc1C(=O)N/C=C1\CCN1c1ccc(C(=O)NCc2ccccc2)cn1. The number of nitrogens with one attached hydrogen (secondary N) is 2. The summed E-state index contributed by atoms with van der Waals surface area (Å²) < 4.78 is 0. The number of hydrogen-bond acceptors (Lipinski definition) is 5. The number of aryl methyl sites for hydroxylation is 1. The number of aromatic nitrogens is 1. The number of benzene rings is 2. The Morgan fingerprint density at radius 2 is 1.88 bits per heavy atom. The maximum absolute atomic E-state index is 12.5. The molecule has 0 bridgehead atoms. The fourth-order valence-electron chi connectivity index (χ4n) is 3.63. The second-order valence-corrected chi connectivity index (χ2v) is 7.89. The first-order chi connectivity index (χ1) is 16.0. The van der Waals surface area contributed by atoms with E-state index < -0.39 is 0 Å². The smallest absolute Gasteiger partial charge is 0.255 e. The zero-order chi connectivity index (χ0) is 23.2. The molecule has 1 saturated heterocycles. The fraction of sp³-hybridized carbons (Fsp3) is 0.192. The number of nitrogens with zero attached hydrogens (tertiary/aromatic N) is 2. The Kier molecular flexibility index (Phi) is 6.80. The van der Waals surface area contributed by atoms with E-state index >= 15 is 0 Å². The highest BCUT2D eigenvalue weighted by atomic mass is 16.3. The molecule has 2 aromatic carbocycles. The summed E-state index contributed by atoms with van der Waals surface area (Å²) in [5.41, 5.74) is 4.63. The van der Waals surface area contributed by atoms with E-state index in [0.29, 0.717) is 17.7 Å². The molecule has 0 spiro atoms. The third-order valence-corrected chi connectivity index (χ3v) is 5.61. The number of anilines is 1. The van der Waals surface area contributed by atoms with E-state index in [1.807, 2.05) is 48.2 Å². The van der Waals surface area contributed by atoms with Gasteiger partial charge in [-0.3, -0.25) is 9.59 Å². The van der Waals surface area contributed by atoms with Crippen LogP contribution in [0.1, 0.15) is 43.8 Å². The zero-order valence-electron chi connectivity index (χ0n) is 18.4. The van der Waals surface area contributed by atoms with Gasteiger partial charge in [-0.25, -0.2) is 4.98 Å². The molecule has 4 rings (SSSR count). The van der Waals surface area contributed by atoms with Crippen LogP contribution in [0.15, 0.2) is 78.8 Å². The molecule has 1 aromatic heterocycles. The number of amides is 2. The molecule has 0 aliphatic carbocycles. The van der Waals surface area contributed by atoms with Gasteiger partial charge in [0.05, 0.1) is 12.2 Å². The minimum atomic E-state index is -0.199. The summed E-state index contributed by atoms with van der Waals surface area (Å²) in [6.45, 7) is 3.04. The van der Waals surface area contributed by atoms with Gasteiger partial charge in [-0.05, 0) is 41.8 Å². The molecule has 0 radical (unpaired) electrons. The lowest BCUT2D eigenvalue weighted by atomic mass is 10.0. The maximum Gasteiger partial charge on any atom is 0.255 e. The summed E-state index contributed by atoms with van der Waals surface area (Å²) in [7, 11) is 0. The van der Waals surface area contributed by atoms with Crippen LogP contribution < -0.4 is 15.5 Å². The van der Waals surface area contributed by atoms with Crippen LogP contribution in [0.4, 0.5) is 5.82 Å². The molecule has 168 valence electrons. The third kappa shape index (κ3) is 5.27. The number of aliphatic hydroxyl groups is 1. The lowest BCUT2D eigenvalue weighted by Crippen LogP contribution is -2.37. The molecular formula is C26H26N4O3. The van der Waals surface area contributed by atoms with Gasteiger partial charge in [0.25, 0.3) is 11.8 Å². The summed E-state index contributed by atoms with van der Waals surface area (Å²) in [5.74, 6) is 0.353. The molecule has 1 fully saturated rings. The van der Waals surface area contributed by atoms with Gasteiger partial charge in [0.15, 0.2) is 0 Å². The van der Waals surface area contributed by atoms with Gasteiger partial charge in [0.2, 0.25) is 0 Å². The quantitative estimate of drug-likeness (QED) is 0.522. The van der Waals surface area contributed by atoms with Gasteiger partial charge in [-0.2, -0.15) is 0 Å². The minimum Gasteiger partial charge on any atom is -0.392 e. The molecular weight excluding hydrogens is 416 g/mol. The van der Waals surface area contributed by atoms with Crippen LogP contribution in [-0.4, -0.2) is 28.4 Å². The van der Waals surface area contributed by atoms with Gasteiger partial charge in [-0.1, -0.05) is 42.5 Å². The Morgan fingerprint density at radius 3 is 2.52 bits per heavy atom. The van der Waals surface area contributed by atoms with Crippen molar-refractivity contribution >= 4 is 17.6 Å². The fourth-order valence-corrected chi connectivity index (χ4v) is 3.63. The van der Waals surface area contributed by atoms with Crippen molar-refractivity contribution in [3.05, 3.63) is 107 Å². The van der Waals surface area contributed by atoms with Crippen LogP contribution in [0, 0.1) is 6.92 Å². The number of pyridine rings is 1. The van der Waals surface area contributed by atoms with Gasteiger partial charge in [-0.15, -0.1) is 0 Å². The van der Waals surface area contributed by atoms with E-state index in [-0.39, 0.29) is 18.4 Å². The van der Waals surface area contributed by atoms with E-state index in [2.05, 4.69) is 15.6 Å². The number of hydrogen-bond donors (Lipinski definition) is 3. The molecule has 2 heterocycles. The maximum atomic E-state index is 12.5. The normalized spacial score (nSPS) is 14.0. The van der Waals surface area contributed by atoms with E-state index in [0.717, 1.165) is 41.2 Å². The van der Waals surface area contributed by atoms with Crippen molar-refractivity contribution in [2.45, 2.75) is 26.5 Å². The standard InChI is InChI=1S/C26H26N4O3/c1-18-13-20(17-31)7-9-23(18)26(33)29-16-22-11-12-30(22)24-10-8-21(15-27-24)25(32)28-14-19-5-3-2-4-6-19/h2-10,13,15-16,31H,11-12,14,17H2,1H3,(H,28,32)(H,29,33)/b22-16+. The van der Waals surface area contributed by atoms with Crippen LogP contribution in [0.25, 0.3) is 0 Å². The van der Waals surface area contributed by atoms with Crippen molar-refractivity contribution in [3.63, 3.8) is 0 Å². The third-order valence-electron chi connectivity index (χ3n) is 5.61. The first-order valence-corrected chi connectivity index (χ1v) is 10.8. The number of aliphatic hydroxyl groups excluding tert-OH is 1. The first kappa shape index (κ1) is 22.2. The molecule has 3 aromatic rings. The average molecular weight is 443 g/mol. The van der Waals surface area contributed by atoms with Crippen LogP contribution >= 0.6 is 0 Å². The molecule has 7 nitrogen and oxygen atoms in total. The Labute approximate surface area is 192 Å². The molecule has 33 heavy (non-hydrogen) atoms. The van der Waals surface area contributed by atoms with E-state index in [1.165, 1.54) is 0 Å². The predicted octanol–water partition coefficient (Wildman–Crippen LogP) is 3.29. The minimum absolute atomic E-state index is 0.0533. The Balaban J connectivity index is 1.35. The van der Waals surface area contributed by atoms with Crippen LogP contribution in [0.2, 0.25) is 0 Å². The second-order valence-electron chi connectivity index (χ2n) is 7.89. The summed E-state index contributed by atoms with van der Waals surface area (Å²) in [6, 6.07) is 18.6. The molecule has 1 aliphatic rings. The van der Waals surface area contributed by atoms with Gasteiger partial charge in [0, 0.05) is 43.2 Å². The molecule has 0 saturated carbocycles. The highest BCUT2D eigenvalue weighted by Gasteiger charge is 2.23. The molecule has 0 atom stereocenters. The Bertz CT molecular complexity index is 1170. The van der Waals surface area contributed by atoms with Crippen molar-refractivity contribution in [2.24, 2.45) is 0 Å². The summed E-state index contributed by atoms with van der Waals surface area (Å²) in [5, 5.41) is 15.0. The van der Waals surface area contributed by atoms with Crippen molar-refractivity contribution < 1.29 is 14.7 Å². The number of rotatable bonds is 7. The van der Waals surface area contributed by atoms with Crippen molar-refractivity contribution in [3.8, 4) is 0 Å². The molecule has 2 amide bonds. The number of carbonyl (C=O) groups excluding carboxylic acids is 2. The lowest BCUT2D eigenvalue weighted by molar-refractivity contribution is 0.0947. The summed E-state index contributed by atoms with van der Waals surface area (Å²) in [4.78, 5) is 31.4. The van der Waals surface area contributed by atoms with Crippen LogP contribution in [0.5, 0.6) is 0 Å². The van der Waals surface area contributed by atoms with Crippen molar-refractivity contribution in [1.29, 1.82) is 0 Å². The molecule has 7 heteroatoms. The highest BCUT2D eigenvalue weighted by Crippen LogP contribution is 2.27. The van der Waals surface area contributed by atoms with Crippen LogP contribution in [-0.2, 0) is 13.2 Å². The lowest BCUT2D eigenvalue weighted by Gasteiger charge is -2.35. The molecule has 3 N–H and O–H groups in total. The molecule has 1 aliphatic heterocycles. The van der Waals surface area contributed by atoms with E-state index in [4.69, 9.17) is 0 Å². The second kappa shape index (κ2) is 10.1. The van der Waals surface area contributed by atoms with Gasteiger partial charge < -0.3 is 20.6 Å². The first-order valence-electron chi connectivity index (χ1n) is 10.8. The van der Waals surface area contributed by atoms with Gasteiger partial charge >= 0.3 is 0 Å². The zero-order valence-corrected chi connectivity index (χ0v) is 18.4. The Morgan fingerprint density at radius 1 is 1.06 bits per heavy atom. The molecule has 0 unspecified atom stereocenters. The van der Waals surface area contributed by atoms with E-state index in [1.54, 1.807) is 36.7 Å². The average Bonchev–Trinajstić information content (AvgIpc) is 2.82.